The predicted molar refractivity (Wildman–Crippen MR) is 79.9 cm³/mol. The van der Waals surface area contributed by atoms with Crippen molar-refractivity contribution in [1.29, 1.82) is 0 Å². The Morgan fingerprint density at radius 2 is 1.95 bits per heavy atom. The van der Waals surface area contributed by atoms with Crippen LogP contribution in [0.1, 0.15) is 5.01 Å². The van der Waals surface area contributed by atoms with Gasteiger partial charge in [-0.25, -0.2) is 13.1 Å². The summed E-state index contributed by atoms with van der Waals surface area (Å²) in [5, 5.41) is 11.4. The zero-order valence-electron chi connectivity index (χ0n) is 10.8. The molecule has 1 aromatic heterocycles. The Morgan fingerprint density at radius 3 is 2.52 bits per heavy atom. The van der Waals surface area contributed by atoms with E-state index in [2.05, 4.69) is 20.2 Å². The Hall–Kier alpha value is -1.55. The van der Waals surface area contributed by atoms with E-state index in [-0.39, 0.29) is 4.90 Å². The molecule has 112 valence electrons. The third-order valence-electron chi connectivity index (χ3n) is 2.32. The van der Waals surface area contributed by atoms with Gasteiger partial charge in [0.15, 0.2) is 0 Å². The number of aromatic nitrogens is 2. The molecule has 2 rings (SSSR count). The SMILES string of the molecule is Cc1nnc(NC(=O)CNS(=O)(=O)c2ccc(Cl)cc2)s1. The van der Waals surface area contributed by atoms with Crippen molar-refractivity contribution in [3.63, 3.8) is 0 Å². The first kappa shape index (κ1) is 15.8. The molecule has 2 N–H and O–H groups in total. The van der Waals surface area contributed by atoms with Crippen LogP contribution in [0.5, 0.6) is 0 Å². The second-order valence-corrected chi connectivity index (χ2v) is 7.34. The molecule has 0 aliphatic carbocycles. The second kappa shape index (κ2) is 6.48. The van der Waals surface area contributed by atoms with Crippen LogP contribution < -0.4 is 10.0 Å². The van der Waals surface area contributed by atoms with E-state index in [0.717, 1.165) is 0 Å². The van der Waals surface area contributed by atoms with Gasteiger partial charge in [0.1, 0.15) is 5.01 Å². The van der Waals surface area contributed by atoms with Crippen LogP contribution >= 0.6 is 22.9 Å². The quantitative estimate of drug-likeness (QED) is 0.852. The van der Waals surface area contributed by atoms with E-state index >= 15 is 0 Å². The fourth-order valence-electron chi connectivity index (χ4n) is 1.37. The number of hydrogen-bond donors (Lipinski definition) is 2. The maximum Gasteiger partial charge on any atom is 0.241 e. The predicted octanol–water partition coefficient (Wildman–Crippen LogP) is 1.42. The van der Waals surface area contributed by atoms with Gasteiger partial charge in [-0.05, 0) is 31.2 Å². The fraction of sp³-hybridized carbons (Fsp3) is 0.182. The lowest BCUT2D eigenvalue weighted by molar-refractivity contribution is -0.115. The number of nitrogens with one attached hydrogen (secondary N) is 2. The molecule has 0 saturated carbocycles. The van der Waals surface area contributed by atoms with E-state index < -0.39 is 22.5 Å². The lowest BCUT2D eigenvalue weighted by Crippen LogP contribution is -2.32. The second-order valence-electron chi connectivity index (χ2n) is 3.95. The fourth-order valence-corrected chi connectivity index (χ4v) is 3.08. The van der Waals surface area contributed by atoms with E-state index in [1.807, 2.05) is 0 Å². The maximum atomic E-state index is 11.9. The lowest BCUT2D eigenvalue weighted by Gasteiger charge is -2.06. The number of rotatable bonds is 5. The molecule has 0 fully saturated rings. The molecule has 7 nitrogen and oxygen atoms in total. The summed E-state index contributed by atoms with van der Waals surface area (Å²) in [6.45, 7) is 1.35. The summed E-state index contributed by atoms with van der Waals surface area (Å²) >= 11 is 6.89. The van der Waals surface area contributed by atoms with Crippen molar-refractivity contribution in [3.05, 3.63) is 34.3 Å². The van der Waals surface area contributed by atoms with Gasteiger partial charge in [-0.3, -0.25) is 10.1 Å². The van der Waals surface area contributed by atoms with Gasteiger partial charge in [-0.15, -0.1) is 10.2 Å². The molecule has 0 saturated heterocycles. The minimum Gasteiger partial charge on any atom is -0.299 e. The normalized spacial score (nSPS) is 11.3. The molecular formula is C11H11ClN4O3S2. The van der Waals surface area contributed by atoms with Crippen molar-refractivity contribution in [2.75, 3.05) is 11.9 Å². The van der Waals surface area contributed by atoms with Crippen LogP contribution in [0.2, 0.25) is 5.02 Å². The monoisotopic (exact) mass is 346 g/mol. The average Bonchev–Trinajstić information content (AvgIpc) is 2.82. The van der Waals surface area contributed by atoms with Crippen LogP contribution in [0.25, 0.3) is 0 Å². The summed E-state index contributed by atoms with van der Waals surface area (Å²) in [5.74, 6) is -0.524. The first-order chi connectivity index (χ1) is 9.87. The van der Waals surface area contributed by atoms with Crippen molar-refractivity contribution in [3.8, 4) is 0 Å². The molecule has 1 aromatic carbocycles. The molecule has 1 heterocycles. The summed E-state index contributed by atoms with van der Waals surface area (Å²) in [7, 11) is -3.76. The number of sulfonamides is 1. The molecule has 0 aliphatic rings. The average molecular weight is 347 g/mol. The van der Waals surface area contributed by atoms with Gasteiger partial charge in [0.2, 0.25) is 21.1 Å². The van der Waals surface area contributed by atoms with Crippen molar-refractivity contribution in [2.45, 2.75) is 11.8 Å². The zero-order chi connectivity index (χ0) is 15.5. The largest absolute Gasteiger partial charge is 0.299 e. The molecule has 0 atom stereocenters. The summed E-state index contributed by atoms with van der Waals surface area (Å²) in [6.07, 6.45) is 0. The van der Waals surface area contributed by atoms with Crippen molar-refractivity contribution in [2.24, 2.45) is 0 Å². The van der Waals surface area contributed by atoms with Crippen molar-refractivity contribution in [1.82, 2.24) is 14.9 Å². The van der Waals surface area contributed by atoms with Crippen molar-refractivity contribution >= 4 is 44.0 Å². The number of halogens is 1. The van der Waals surface area contributed by atoms with Gasteiger partial charge in [0, 0.05) is 5.02 Å². The highest BCUT2D eigenvalue weighted by atomic mass is 35.5. The van der Waals surface area contributed by atoms with Gasteiger partial charge in [0.25, 0.3) is 0 Å². The molecule has 1 amide bonds. The maximum absolute atomic E-state index is 11.9. The molecule has 0 aliphatic heterocycles. The first-order valence-electron chi connectivity index (χ1n) is 5.72. The van der Waals surface area contributed by atoms with Crippen LogP contribution in [0.3, 0.4) is 0 Å². The molecule has 0 unspecified atom stereocenters. The van der Waals surface area contributed by atoms with Crippen LogP contribution in [0, 0.1) is 6.92 Å². The number of hydrogen-bond acceptors (Lipinski definition) is 6. The van der Waals surface area contributed by atoms with Gasteiger partial charge in [-0.1, -0.05) is 22.9 Å². The van der Waals surface area contributed by atoms with Crippen LogP contribution in [-0.4, -0.2) is 31.1 Å². The first-order valence-corrected chi connectivity index (χ1v) is 8.40. The highest BCUT2D eigenvalue weighted by Crippen LogP contribution is 2.14. The highest BCUT2D eigenvalue weighted by Gasteiger charge is 2.16. The molecule has 21 heavy (non-hydrogen) atoms. The minimum atomic E-state index is -3.76. The summed E-state index contributed by atoms with van der Waals surface area (Å²) in [5.41, 5.74) is 0. The van der Waals surface area contributed by atoms with E-state index in [4.69, 9.17) is 11.6 Å². The Kier molecular flexibility index (Phi) is 4.88. The van der Waals surface area contributed by atoms with Gasteiger partial charge >= 0.3 is 0 Å². The van der Waals surface area contributed by atoms with E-state index in [9.17, 15) is 13.2 Å². The molecule has 0 radical (unpaired) electrons. The number of carbonyl (C=O) groups excluding carboxylic acids is 1. The molecule has 10 heteroatoms. The smallest absolute Gasteiger partial charge is 0.241 e. The molecule has 2 aromatic rings. The van der Waals surface area contributed by atoms with Crippen LogP contribution in [-0.2, 0) is 14.8 Å². The zero-order valence-corrected chi connectivity index (χ0v) is 13.2. The number of benzene rings is 1. The summed E-state index contributed by atoms with van der Waals surface area (Å²) < 4.78 is 26.1. The number of nitrogens with zero attached hydrogens (tertiary/aromatic N) is 2. The van der Waals surface area contributed by atoms with Crippen LogP contribution in [0.4, 0.5) is 5.13 Å². The standard InChI is InChI=1S/C11H11ClN4O3S2/c1-7-15-16-11(20-7)14-10(17)6-13-21(18,19)9-4-2-8(12)3-5-9/h2-5,13H,6H2,1H3,(H,14,16,17). The number of anilines is 1. The topological polar surface area (TPSA) is 101 Å². The summed E-state index contributed by atoms with van der Waals surface area (Å²) in [6, 6.07) is 5.63. The van der Waals surface area contributed by atoms with E-state index in [1.165, 1.54) is 35.6 Å². The Morgan fingerprint density at radius 1 is 1.29 bits per heavy atom. The highest BCUT2D eigenvalue weighted by molar-refractivity contribution is 7.89. The lowest BCUT2D eigenvalue weighted by atomic mass is 10.4. The molecule has 0 spiro atoms. The van der Waals surface area contributed by atoms with E-state index in [0.29, 0.717) is 15.2 Å². The van der Waals surface area contributed by atoms with Gasteiger partial charge in [-0.2, -0.15) is 0 Å². The number of carbonyl (C=O) groups is 1. The number of aryl methyl sites for hydroxylation is 1. The van der Waals surface area contributed by atoms with Crippen LogP contribution in [0.15, 0.2) is 29.2 Å². The van der Waals surface area contributed by atoms with Gasteiger partial charge in [0.05, 0.1) is 11.4 Å². The molecular weight excluding hydrogens is 336 g/mol. The van der Waals surface area contributed by atoms with Gasteiger partial charge < -0.3 is 0 Å². The third kappa shape index (κ3) is 4.46. The Labute approximate surface area is 130 Å². The van der Waals surface area contributed by atoms with E-state index in [1.54, 1.807) is 6.92 Å². The minimum absolute atomic E-state index is 0.0338. The third-order valence-corrected chi connectivity index (χ3v) is 4.74. The van der Waals surface area contributed by atoms with Crippen molar-refractivity contribution < 1.29 is 13.2 Å². The Balaban J connectivity index is 1.95. The number of amides is 1. The Bertz CT molecular complexity index is 743. The molecule has 0 bridgehead atoms. The summed E-state index contributed by atoms with van der Waals surface area (Å²) in [4.78, 5) is 11.7.